The molecule has 1 aromatic carbocycles. The minimum absolute atomic E-state index is 0.117. The zero-order chi connectivity index (χ0) is 19.5. The average molecular weight is 400 g/mol. The summed E-state index contributed by atoms with van der Waals surface area (Å²) in [6.07, 6.45) is 1.42. The average Bonchev–Trinajstić information content (AvgIpc) is 3.37. The van der Waals surface area contributed by atoms with Gasteiger partial charge in [-0.15, -0.1) is 11.3 Å². The molecule has 28 heavy (non-hydrogen) atoms. The van der Waals surface area contributed by atoms with Crippen molar-refractivity contribution in [2.75, 3.05) is 18.1 Å². The zero-order valence-corrected chi connectivity index (χ0v) is 15.5. The third-order valence-corrected chi connectivity index (χ3v) is 5.00. The van der Waals surface area contributed by atoms with Gasteiger partial charge in [0.15, 0.2) is 11.5 Å². The first-order valence-corrected chi connectivity index (χ1v) is 9.38. The van der Waals surface area contributed by atoms with Gasteiger partial charge in [-0.2, -0.15) is 4.68 Å². The third-order valence-electron chi connectivity index (χ3n) is 4.14. The Morgan fingerprint density at radius 1 is 1.25 bits per heavy atom. The van der Waals surface area contributed by atoms with E-state index in [4.69, 9.17) is 9.47 Å². The number of ether oxygens (including phenoxy) is 2. The first kappa shape index (κ1) is 18.0. The summed E-state index contributed by atoms with van der Waals surface area (Å²) in [4.78, 5) is 25.9. The van der Waals surface area contributed by atoms with Gasteiger partial charge in [-0.3, -0.25) is 4.79 Å². The van der Waals surface area contributed by atoms with Crippen LogP contribution in [0.4, 0.5) is 11.5 Å². The van der Waals surface area contributed by atoms with Gasteiger partial charge < -0.3 is 24.5 Å². The molecule has 0 spiro atoms. The minimum atomic E-state index is -0.592. The van der Waals surface area contributed by atoms with Crippen molar-refractivity contribution in [1.82, 2.24) is 9.78 Å². The number of hydrogen-bond donors (Lipinski definition) is 0. The number of aromatic nitrogens is 2. The van der Waals surface area contributed by atoms with Crippen LogP contribution in [-0.2, 0) is 17.9 Å². The summed E-state index contributed by atoms with van der Waals surface area (Å²) in [5.41, 5.74) is 0.657. The zero-order valence-electron chi connectivity index (χ0n) is 14.7. The predicted molar refractivity (Wildman–Crippen MR) is 102 cm³/mol. The van der Waals surface area contributed by atoms with Crippen LogP contribution in [0.1, 0.15) is 4.88 Å². The topological polar surface area (TPSA) is 99.7 Å². The van der Waals surface area contributed by atoms with Crippen molar-refractivity contribution < 1.29 is 19.2 Å². The van der Waals surface area contributed by atoms with Crippen molar-refractivity contribution in [1.29, 1.82) is 0 Å². The molecule has 0 saturated heterocycles. The summed E-state index contributed by atoms with van der Waals surface area (Å²) in [5.74, 6) is 0.684. The van der Waals surface area contributed by atoms with Crippen molar-refractivity contribution in [2.24, 2.45) is 0 Å². The summed E-state index contributed by atoms with van der Waals surface area (Å²) >= 11 is 1.54. The Morgan fingerprint density at radius 3 is 2.79 bits per heavy atom. The number of benzene rings is 1. The van der Waals surface area contributed by atoms with Gasteiger partial charge in [0, 0.05) is 16.6 Å². The van der Waals surface area contributed by atoms with Crippen LogP contribution in [0.3, 0.4) is 0 Å². The molecule has 1 aliphatic rings. The van der Waals surface area contributed by atoms with E-state index >= 15 is 0 Å². The normalized spacial score (nSPS) is 12.6. The monoisotopic (exact) mass is 400 g/mol. The highest BCUT2D eigenvalue weighted by molar-refractivity contribution is 7.09. The lowest BCUT2D eigenvalue weighted by molar-refractivity contribution is -0.389. The number of nitrogens with zero attached hydrogens (tertiary/aromatic N) is 4. The third kappa shape index (κ3) is 3.81. The van der Waals surface area contributed by atoms with Crippen LogP contribution < -0.4 is 14.4 Å². The number of nitro groups is 1. The molecule has 2 aromatic heterocycles. The fraction of sp³-hybridized carbons (Fsp3) is 0.222. The summed E-state index contributed by atoms with van der Waals surface area (Å²) in [6.45, 7) is 1.20. The van der Waals surface area contributed by atoms with Gasteiger partial charge >= 0.3 is 5.82 Å². The van der Waals surface area contributed by atoms with Crippen molar-refractivity contribution in [3.8, 4) is 11.5 Å². The van der Waals surface area contributed by atoms with Gasteiger partial charge in [0.2, 0.25) is 0 Å². The van der Waals surface area contributed by atoms with E-state index in [1.165, 1.54) is 16.9 Å². The second-order valence-corrected chi connectivity index (χ2v) is 7.05. The van der Waals surface area contributed by atoms with Gasteiger partial charge in [-0.05, 0) is 28.5 Å². The van der Waals surface area contributed by atoms with Gasteiger partial charge in [0.05, 0.1) is 23.9 Å². The molecular formula is C18H16N4O5S. The lowest BCUT2D eigenvalue weighted by Gasteiger charge is -2.25. The molecule has 0 saturated carbocycles. The van der Waals surface area contributed by atoms with E-state index in [1.807, 2.05) is 17.5 Å². The Kier molecular flexibility index (Phi) is 4.94. The number of hydrogen-bond acceptors (Lipinski definition) is 7. The van der Waals surface area contributed by atoms with Crippen LogP contribution in [-0.4, -0.2) is 33.8 Å². The smallest absolute Gasteiger partial charge is 0.389 e. The molecule has 0 fully saturated rings. The molecule has 0 atom stereocenters. The fourth-order valence-corrected chi connectivity index (χ4v) is 3.53. The van der Waals surface area contributed by atoms with E-state index in [1.54, 1.807) is 34.4 Å². The molecule has 9 nitrogen and oxygen atoms in total. The highest BCUT2D eigenvalue weighted by Gasteiger charge is 2.22. The Hall–Kier alpha value is -3.40. The number of fused-ring (bicyclic) bond motifs is 1. The Labute approximate surface area is 163 Å². The molecule has 0 bridgehead atoms. The first-order valence-electron chi connectivity index (χ1n) is 8.50. The van der Waals surface area contributed by atoms with E-state index < -0.39 is 4.92 Å². The molecule has 0 aliphatic carbocycles. The van der Waals surface area contributed by atoms with Crippen LogP contribution in [0, 0.1) is 10.1 Å². The van der Waals surface area contributed by atoms with E-state index in [0.29, 0.717) is 36.9 Å². The number of thiophene rings is 1. The Morgan fingerprint density at radius 2 is 2.07 bits per heavy atom. The van der Waals surface area contributed by atoms with Gasteiger partial charge in [-0.25, -0.2) is 0 Å². The molecule has 3 aromatic rings. The summed E-state index contributed by atoms with van der Waals surface area (Å²) in [6, 6.07) is 10.5. The van der Waals surface area contributed by atoms with Crippen LogP contribution in [0.25, 0.3) is 0 Å². The summed E-state index contributed by atoms with van der Waals surface area (Å²) < 4.78 is 12.4. The lowest BCUT2D eigenvalue weighted by atomic mass is 10.2. The van der Waals surface area contributed by atoms with Crippen molar-refractivity contribution in [3.63, 3.8) is 0 Å². The van der Waals surface area contributed by atoms with Crippen LogP contribution >= 0.6 is 11.3 Å². The molecule has 0 unspecified atom stereocenters. The lowest BCUT2D eigenvalue weighted by Crippen LogP contribution is -2.33. The standard InChI is InChI=1S/C18H16N4O5S/c23-18(12-20-6-5-17(19-20)22(24)25)21(11-14-2-1-9-28-14)13-3-4-15-16(10-13)27-8-7-26-15/h1-6,9-10H,7-8,11-12H2. The Balaban J connectivity index is 1.61. The minimum Gasteiger partial charge on any atom is -0.486 e. The van der Waals surface area contributed by atoms with Crippen molar-refractivity contribution in [2.45, 2.75) is 13.1 Å². The maximum absolute atomic E-state index is 13.0. The second kappa shape index (κ2) is 7.69. The maximum atomic E-state index is 13.0. The molecule has 4 rings (SSSR count). The SMILES string of the molecule is O=C(Cn1ccc([N+](=O)[O-])n1)N(Cc1cccs1)c1ccc2c(c1)OCCO2. The molecule has 144 valence electrons. The van der Waals surface area contributed by atoms with E-state index in [0.717, 1.165) is 4.88 Å². The molecule has 10 heteroatoms. The number of carbonyl (C=O) groups excluding carboxylic acids is 1. The van der Waals surface area contributed by atoms with E-state index in [9.17, 15) is 14.9 Å². The van der Waals surface area contributed by atoms with Crippen LogP contribution in [0.2, 0.25) is 0 Å². The van der Waals surface area contributed by atoms with Gasteiger partial charge in [0.1, 0.15) is 19.8 Å². The molecule has 1 aliphatic heterocycles. The number of carbonyl (C=O) groups is 1. The van der Waals surface area contributed by atoms with E-state index in [-0.39, 0.29) is 18.3 Å². The van der Waals surface area contributed by atoms with Gasteiger partial charge in [-0.1, -0.05) is 6.07 Å². The van der Waals surface area contributed by atoms with E-state index in [2.05, 4.69) is 5.10 Å². The molecule has 0 radical (unpaired) electrons. The number of amides is 1. The second-order valence-electron chi connectivity index (χ2n) is 6.02. The van der Waals surface area contributed by atoms with Crippen LogP contribution in [0.5, 0.6) is 11.5 Å². The quantitative estimate of drug-likeness (QED) is 0.466. The highest BCUT2D eigenvalue weighted by Crippen LogP contribution is 2.34. The Bertz CT molecular complexity index is 1000. The maximum Gasteiger partial charge on any atom is 0.389 e. The number of rotatable bonds is 6. The molecule has 0 N–H and O–H groups in total. The summed E-state index contributed by atoms with van der Waals surface area (Å²) in [5, 5.41) is 16.6. The van der Waals surface area contributed by atoms with Gasteiger partial charge in [0.25, 0.3) is 5.91 Å². The largest absolute Gasteiger partial charge is 0.486 e. The molecular weight excluding hydrogens is 384 g/mol. The number of anilines is 1. The summed E-state index contributed by atoms with van der Waals surface area (Å²) in [7, 11) is 0. The fourth-order valence-electron chi connectivity index (χ4n) is 2.84. The van der Waals surface area contributed by atoms with Crippen LogP contribution in [0.15, 0.2) is 48.0 Å². The predicted octanol–water partition coefficient (Wildman–Crippen LogP) is 2.86. The van der Waals surface area contributed by atoms with Crippen molar-refractivity contribution >= 4 is 28.7 Å². The molecule has 3 heterocycles. The molecule has 1 amide bonds. The first-order chi connectivity index (χ1) is 13.6. The van der Waals surface area contributed by atoms with Crippen molar-refractivity contribution in [3.05, 3.63) is 63.0 Å². The highest BCUT2D eigenvalue weighted by atomic mass is 32.1.